The lowest BCUT2D eigenvalue weighted by molar-refractivity contribution is -0.139. The highest BCUT2D eigenvalue weighted by atomic mass is 35.5. The van der Waals surface area contributed by atoms with Gasteiger partial charge in [0, 0.05) is 9.90 Å². The summed E-state index contributed by atoms with van der Waals surface area (Å²) in [5.41, 5.74) is 1.50. The lowest BCUT2D eigenvalue weighted by atomic mass is 9.96. The molecule has 0 aliphatic carbocycles. The van der Waals surface area contributed by atoms with Gasteiger partial charge in [-0.2, -0.15) is 0 Å². The molecule has 0 amide bonds. The van der Waals surface area contributed by atoms with Crippen molar-refractivity contribution in [2.75, 3.05) is 6.61 Å². The molecule has 2 aromatic heterocycles. The van der Waals surface area contributed by atoms with Crippen LogP contribution >= 0.6 is 34.3 Å². The van der Waals surface area contributed by atoms with Crippen molar-refractivity contribution in [2.45, 2.75) is 19.9 Å². The number of fused-ring (bicyclic) bond motifs is 1. The van der Waals surface area contributed by atoms with Crippen LogP contribution in [0.15, 0.2) is 62.8 Å². The van der Waals surface area contributed by atoms with Crippen molar-refractivity contribution in [1.29, 1.82) is 0 Å². The molecular weight excluding hydrogens is 428 g/mol. The molecule has 1 atom stereocenters. The zero-order valence-electron chi connectivity index (χ0n) is 15.7. The number of esters is 1. The minimum atomic E-state index is -0.618. The monoisotopic (exact) mass is 444 g/mol. The second-order valence-corrected chi connectivity index (χ2v) is 8.79. The minimum absolute atomic E-state index is 0.184. The molecule has 3 aromatic rings. The Bertz CT molecular complexity index is 1270. The number of hydrogen-bond donors (Lipinski definition) is 0. The van der Waals surface area contributed by atoms with E-state index in [2.05, 4.69) is 4.99 Å². The van der Waals surface area contributed by atoms with Crippen molar-refractivity contribution >= 4 is 46.3 Å². The predicted octanol–water partition coefficient (Wildman–Crippen LogP) is 3.51. The molecule has 0 saturated carbocycles. The number of thiazole rings is 1. The number of halogens is 1. The number of rotatable bonds is 4. The topological polar surface area (TPSA) is 60.7 Å². The summed E-state index contributed by atoms with van der Waals surface area (Å²) in [6.45, 7) is 3.76. The Hall–Kier alpha value is -2.48. The summed E-state index contributed by atoms with van der Waals surface area (Å²) in [7, 11) is 0. The minimum Gasteiger partial charge on any atom is -0.463 e. The molecule has 148 valence electrons. The molecule has 8 heteroatoms. The standard InChI is InChI=1S/C21H17ClN2O3S2/c1-3-27-20(26)17-12(2)23-21-24(18(17)13-6-8-14(22)9-7-13)19(25)16(29-21)11-15-5-4-10-28-15/h4-11,18H,3H2,1-2H3/b16-11-/t18-/m1/s1. The Kier molecular flexibility index (Phi) is 5.54. The van der Waals surface area contributed by atoms with Crippen molar-refractivity contribution in [1.82, 2.24) is 4.57 Å². The van der Waals surface area contributed by atoms with E-state index in [4.69, 9.17) is 16.3 Å². The Balaban J connectivity index is 1.97. The van der Waals surface area contributed by atoms with Gasteiger partial charge < -0.3 is 4.74 Å². The summed E-state index contributed by atoms with van der Waals surface area (Å²) in [6, 6.07) is 10.4. The quantitative estimate of drug-likeness (QED) is 0.578. The van der Waals surface area contributed by atoms with Gasteiger partial charge >= 0.3 is 5.97 Å². The summed E-state index contributed by atoms with van der Waals surface area (Å²) in [5.74, 6) is -0.471. The largest absolute Gasteiger partial charge is 0.463 e. The number of carbonyl (C=O) groups excluding carboxylic acids is 1. The lowest BCUT2D eigenvalue weighted by Gasteiger charge is -2.24. The fraction of sp³-hybridized carbons (Fsp3) is 0.190. The maximum Gasteiger partial charge on any atom is 0.338 e. The van der Waals surface area contributed by atoms with Crippen LogP contribution in [0.1, 0.15) is 30.3 Å². The maximum atomic E-state index is 13.3. The molecular formula is C21H17ClN2O3S2. The first-order valence-corrected chi connectivity index (χ1v) is 11.1. The third-order valence-electron chi connectivity index (χ3n) is 4.52. The van der Waals surface area contributed by atoms with Crippen LogP contribution in [0.5, 0.6) is 0 Å². The molecule has 0 fully saturated rings. The zero-order chi connectivity index (χ0) is 20.5. The van der Waals surface area contributed by atoms with Gasteiger partial charge in [0.15, 0.2) is 4.80 Å². The number of ether oxygens (including phenoxy) is 1. The number of nitrogens with zero attached hydrogens (tertiary/aromatic N) is 2. The van der Waals surface area contributed by atoms with Crippen molar-refractivity contribution in [2.24, 2.45) is 4.99 Å². The predicted molar refractivity (Wildman–Crippen MR) is 116 cm³/mol. The number of hydrogen-bond acceptors (Lipinski definition) is 6. The van der Waals surface area contributed by atoms with Gasteiger partial charge in [-0.1, -0.05) is 41.1 Å². The van der Waals surface area contributed by atoms with E-state index in [1.165, 1.54) is 11.3 Å². The maximum absolute atomic E-state index is 13.3. The van der Waals surface area contributed by atoms with Crippen LogP contribution < -0.4 is 14.9 Å². The molecule has 5 nitrogen and oxygen atoms in total. The zero-order valence-corrected chi connectivity index (χ0v) is 18.1. The first-order valence-electron chi connectivity index (χ1n) is 8.98. The summed E-state index contributed by atoms with van der Waals surface area (Å²) in [5, 5.41) is 2.54. The lowest BCUT2D eigenvalue weighted by Crippen LogP contribution is -2.39. The van der Waals surface area contributed by atoms with Crippen LogP contribution in [-0.4, -0.2) is 17.1 Å². The summed E-state index contributed by atoms with van der Waals surface area (Å²) in [6.07, 6.45) is 1.86. The second kappa shape index (κ2) is 8.10. The fourth-order valence-corrected chi connectivity index (χ4v) is 5.15. The average molecular weight is 445 g/mol. The molecule has 0 radical (unpaired) electrons. The molecule has 0 saturated heterocycles. The van der Waals surface area contributed by atoms with Crippen molar-refractivity contribution in [3.05, 3.63) is 88.2 Å². The Morgan fingerprint density at radius 2 is 2.07 bits per heavy atom. The van der Waals surface area contributed by atoms with Crippen LogP contribution in [0.2, 0.25) is 5.02 Å². The van der Waals surface area contributed by atoms with Crippen LogP contribution in [0.25, 0.3) is 6.08 Å². The van der Waals surface area contributed by atoms with Gasteiger partial charge in [0.05, 0.1) is 28.5 Å². The highest BCUT2D eigenvalue weighted by Crippen LogP contribution is 2.31. The fourth-order valence-electron chi connectivity index (χ4n) is 3.25. The molecule has 1 aliphatic heterocycles. The molecule has 4 rings (SSSR count). The third-order valence-corrected chi connectivity index (χ3v) is 6.57. The first kappa shape index (κ1) is 19.8. The third kappa shape index (κ3) is 3.73. The molecule has 29 heavy (non-hydrogen) atoms. The van der Waals surface area contributed by atoms with E-state index < -0.39 is 12.0 Å². The molecule has 0 N–H and O–H groups in total. The van der Waals surface area contributed by atoms with E-state index in [0.717, 1.165) is 10.4 Å². The van der Waals surface area contributed by atoms with E-state index >= 15 is 0 Å². The molecule has 3 heterocycles. The number of carbonyl (C=O) groups is 1. The highest BCUT2D eigenvalue weighted by molar-refractivity contribution is 7.11. The molecule has 1 aliphatic rings. The van der Waals surface area contributed by atoms with Crippen molar-refractivity contribution in [3.8, 4) is 0 Å². The summed E-state index contributed by atoms with van der Waals surface area (Å²) in [4.78, 5) is 32.2. The molecule has 0 bridgehead atoms. The second-order valence-electron chi connectivity index (χ2n) is 6.37. The Labute approximate surface area is 179 Å². The molecule has 1 aromatic carbocycles. The number of allylic oxidation sites excluding steroid dienone is 1. The van der Waals surface area contributed by atoms with Crippen LogP contribution in [-0.2, 0) is 9.53 Å². The van der Waals surface area contributed by atoms with Gasteiger partial charge in [-0.25, -0.2) is 9.79 Å². The van der Waals surface area contributed by atoms with E-state index in [0.29, 0.717) is 25.6 Å². The van der Waals surface area contributed by atoms with Crippen molar-refractivity contribution < 1.29 is 9.53 Å². The SMILES string of the molecule is CCOC(=O)C1=C(C)N=c2s/c(=C\c3cccs3)c(=O)n2[C@@H]1c1ccc(Cl)cc1. The molecule has 0 unspecified atom stereocenters. The highest BCUT2D eigenvalue weighted by Gasteiger charge is 2.33. The van der Waals surface area contributed by atoms with E-state index in [1.807, 2.05) is 35.7 Å². The van der Waals surface area contributed by atoms with Gasteiger partial charge in [-0.15, -0.1) is 11.3 Å². The number of benzene rings is 1. The smallest absolute Gasteiger partial charge is 0.338 e. The average Bonchev–Trinajstić information content (AvgIpc) is 3.30. The molecule has 0 spiro atoms. The number of aromatic nitrogens is 1. The van der Waals surface area contributed by atoms with E-state index in [9.17, 15) is 9.59 Å². The Morgan fingerprint density at radius 1 is 1.31 bits per heavy atom. The van der Waals surface area contributed by atoms with Gasteiger partial charge in [-0.05, 0) is 49.1 Å². The van der Waals surface area contributed by atoms with E-state index in [-0.39, 0.29) is 12.2 Å². The van der Waals surface area contributed by atoms with E-state index in [1.54, 1.807) is 41.9 Å². The van der Waals surface area contributed by atoms with Gasteiger partial charge in [0.1, 0.15) is 0 Å². The van der Waals surface area contributed by atoms with Crippen LogP contribution in [0, 0.1) is 0 Å². The summed E-state index contributed by atoms with van der Waals surface area (Å²) >= 11 is 8.92. The normalized spacial score (nSPS) is 16.5. The summed E-state index contributed by atoms with van der Waals surface area (Å²) < 4.78 is 7.42. The Morgan fingerprint density at radius 3 is 2.72 bits per heavy atom. The van der Waals surface area contributed by atoms with Gasteiger partial charge in [0.25, 0.3) is 5.56 Å². The van der Waals surface area contributed by atoms with Crippen molar-refractivity contribution in [3.63, 3.8) is 0 Å². The first-order chi connectivity index (χ1) is 14.0. The van der Waals surface area contributed by atoms with Gasteiger partial charge in [-0.3, -0.25) is 9.36 Å². The van der Waals surface area contributed by atoms with Crippen LogP contribution in [0.4, 0.5) is 0 Å². The number of thiophene rings is 1. The van der Waals surface area contributed by atoms with Crippen LogP contribution in [0.3, 0.4) is 0 Å². The van der Waals surface area contributed by atoms with Gasteiger partial charge in [0.2, 0.25) is 0 Å².